The van der Waals surface area contributed by atoms with E-state index in [2.05, 4.69) is 26.2 Å². The molecule has 0 saturated carbocycles. The lowest BCUT2D eigenvalue weighted by Crippen LogP contribution is -2.42. The highest BCUT2D eigenvalue weighted by atomic mass is 35.5. The Bertz CT molecular complexity index is 1020. The Morgan fingerprint density at radius 2 is 1.96 bits per heavy atom. The van der Waals surface area contributed by atoms with Crippen LogP contribution in [0.25, 0.3) is 10.8 Å². The van der Waals surface area contributed by atoms with Gasteiger partial charge in [-0.15, -0.1) is 0 Å². The highest BCUT2D eigenvalue weighted by Gasteiger charge is 2.16. The molecule has 0 aliphatic rings. The molecule has 3 aromatic rings. The zero-order valence-corrected chi connectivity index (χ0v) is 14.4. The summed E-state index contributed by atoms with van der Waals surface area (Å²) in [7, 11) is 0. The van der Waals surface area contributed by atoms with Crippen LogP contribution in [0.1, 0.15) is 28.2 Å². The molecule has 0 aliphatic heterocycles. The van der Waals surface area contributed by atoms with Crippen LogP contribution in [0.3, 0.4) is 0 Å². The third-order valence-electron chi connectivity index (χ3n) is 3.77. The maximum absolute atomic E-state index is 12.3. The highest BCUT2D eigenvalue weighted by Crippen LogP contribution is 2.20. The van der Waals surface area contributed by atoms with Crippen molar-refractivity contribution in [1.29, 1.82) is 0 Å². The summed E-state index contributed by atoms with van der Waals surface area (Å²) in [4.78, 5) is 35.9. The van der Waals surface area contributed by atoms with E-state index in [4.69, 9.17) is 16.1 Å². The summed E-state index contributed by atoms with van der Waals surface area (Å²) in [6.45, 7) is 1.72. The van der Waals surface area contributed by atoms with Gasteiger partial charge in [0.1, 0.15) is 0 Å². The molecule has 0 unspecified atom stereocenters. The monoisotopic (exact) mass is 375 g/mol. The predicted octanol–water partition coefficient (Wildman–Crippen LogP) is 1.27. The number of carbonyl (C=O) groups excluding carboxylic acids is 2. The van der Waals surface area contributed by atoms with Gasteiger partial charge in [-0.2, -0.15) is 5.10 Å². The van der Waals surface area contributed by atoms with Gasteiger partial charge in [0.15, 0.2) is 5.69 Å². The number of aromatic amines is 1. The smallest absolute Gasteiger partial charge is 0.290 e. The summed E-state index contributed by atoms with van der Waals surface area (Å²) >= 11 is 5.84. The minimum absolute atomic E-state index is 0.00146. The molecule has 3 N–H and O–H groups in total. The van der Waals surface area contributed by atoms with Crippen molar-refractivity contribution < 1.29 is 14.1 Å². The Kier molecular flexibility index (Phi) is 4.99. The van der Waals surface area contributed by atoms with Crippen molar-refractivity contribution in [3.8, 4) is 0 Å². The van der Waals surface area contributed by atoms with E-state index in [-0.39, 0.29) is 17.3 Å². The van der Waals surface area contributed by atoms with Gasteiger partial charge in [-0.05, 0) is 31.0 Å². The standard InChI is InChI=1S/C16H14ClN5O4/c1-8-9(14(17)26-22-8)6-7-12(23)18-21-16(25)13-10-4-2-3-5-11(10)15(24)20-19-13/h2-5H,6-7H2,1H3,(H,18,23)(H,20,24)(H,21,25). The molecule has 1 aromatic carbocycles. The number of carbonyl (C=O) groups is 2. The molecule has 0 bridgehead atoms. The van der Waals surface area contributed by atoms with Crippen molar-refractivity contribution in [3.63, 3.8) is 0 Å². The minimum Gasteiger partial charge on any atom is -0.344 e. The van der Waals surface area contributed by atoms with E-state index in [0.717, 1.165) is 0 Å². The predicted molar refractivity (Wildman–Crippen MR) is 92.5 cm³/mol. The molecule has 26 heavy (non-hydrogen) atoms. The Labute approximate surface area is 151 Å². The number of hydrogen-bond donors (Lipinski definition) is 3. The molecule has 10 heteroatoms. The van der Waals surface area contributed by atoms with Crippen LogP contribution in [-0.2, 0) is 11.2 Å². The van der Waals surface area contributed by atoms with Gasteiger partial charge in [-0.3, -0.25) is 25.2 Å². The number of benzene rings is 1. The number of H-pyrrole nitrogens is 1. The first-order valence-corrected chi connectivity index (χ1v) is 8.02. The zero-order chi connectivity index (χ0) is 18.7. The summed E-state index contributed by atoms with van der Waals surface area (Å²) in [5, 5.41) is 10.6. The maximum atomic E-state index is 12.3. The molecule has 2 aromatic heterocycles. The third-order valence-corrected chi connectivity index (χ3v) is 4.06. The number of nitrogens with one attached hydrogen (secondary N) is 3. The SMILES string of the molecule is Cc1noc(Cl)c1CCC(=O)NNC(=O)c1n[nH]c(=O)c2ccccc12. The van der Waals surface area contributed by atoms with Crippen molar-refractivity contribution in [2.45, 2.75) is 19.8 Å². The van der Waals surface area contributed by atoms with Crippen molar-refractivity contribution in [3.05, 3.63) is 56.8 Å². The third kappa shape index (κ3) is 3.57. The molecule has 9 nitrogen and oxygen atoms in total. The van der Waals surface area contributed by atoms with Gasteiger partial charge >= 0.3 is 0 Å². The first-order valence-electron chi connectivity index (χ1n) is 7.64. The zero-order valence-electron chi connectivity index (χ0n) is 13.6. The lowest BCUT2D eigenvalue weighted by molar-refractivity contribution is -0.121. The second kappa shape index (κ2) is 7.36. The van der Waals surface area contributed by atoms with Gasteiger partial charge in [0.05, 0.1) is 11.1 Å². The molecular weight excluding hydrogens is 362 g/mol. The molecule has 0 aliphatic carbocycles. The molecule has 0 saturated heterocycles. The van der Waals surface area contributed by atoms with Crippen molar-refractivity contribution in [1.82, 2.24) is 26.2 Å². The Morgan fingerprint density at radius 1 is 1.23 bits per heavy atom. The van der Waals surface area contributed by atoms with Gasteiger partial charge in [-0.1, -0.05) is 23.4 Å². The van der Waals surface area contributed by atoms with Crippen molar-refractivity contribution in [2.75, 3.05) is 0 Å². The lowest BCUT2D eigenvalue weighted by Gasteiger charge is -2.08. The lowest BCUT2D eigenvalue weighted by atomic mass is 10.1. The number of aryl methyl sites for hydroxylation is 1. The number of hydrogen-bond acceptors (Lipinski definition) is 6. The quantitative estimate of drug-likeness (QED) is 0.589. The molecule has 2 amide bonds. The Hall–Kier alpha value is -3.20. The van der Waals surface area contributed by atoms with E-state index in [0.29, 0.717) is 28.5 Å². The van der Waals surface area contributed by atoms with Crippen LogP contribution in [0.5, 0.6) is 0 Å². The summed E-state index contributed by atoms with van der Waals surface area (Å²) in [6, 6.07) is 6.55. The highest BCUT2D eigenvalue weighted by molar-refractivity contribution is 6.29. The normalized spacial score (nSPS) is 10.7. The molecule has 2 heterocycles. The molecule has 0 spiro atoms. The topological polar surface area (TPSA) is 130 Å². The fourth-order valence-electron chi connectivity index (χ4n) is 2.41. The van der Waals surface area contributed by atoms with E-state index >= 15 is 0 Å². The van der Waals surface area contributed by atoms with Crippen LogP contribution in [0.4, 0.5) is 0 Å². The van der Waals surface area contributed by atoms with Gasteiger partial charge in [-0.25, -0.2) is 5.10 Å². The second-order valence-corrected chi connectivity index (χ2v) is 5.81. The Balaban J connectivity index is 1.63. The second-order valence-electron chi connectivity index (χ2n) is 5.47. The molecule has 134 valence electrons. The molecule has 0 fully saturated rings. The van der Waals surface area contributed by atoms with Crippen LogP contribution in [0, 0.1) is 6.92 Å². The van der Waals surface area contributed by atoms with Gasteiger partial charge in [0.25, 0.3) is 11.5 Å². The van der Waals surface area contributed by atoms with Crippen molar-refractivity contribution in [2.24, 2.45) is 0 Å². The van der Waals surface area contributed by atoms with Crippen LogP contribution >= 0.6 is 11.6 Å². The maximum Gasteiger partial charge on any atom is 0.290 e. The summed E-state index contributed by atoms with van der Waals surface area (Å²) in [5.41, 5.74) is 5.42. The number of hydrazine groups is 1. The first kappa shape index (κ1) is 17.6. The van der Waals surface area contributed by atoms with Gasteiger partial charge in [0.2, 0.25) is 11.1 Å². The van der Waals surface area contributed by atoms with E-state index < -0.39 is 17.4 Å². The fourth-order valence-corrected chi connectivity index (χ4v) is 2.68. The fraction of sp³-hybridized carbons (Fsp3) is 0.188. The summed E-state index contributed by atoms with van der Waals surface area (Å²) < 4.78 is 4.81. The van der Waals surface area contributed by atoms with E-state index in [1.807, 2.05) is 0 Å². The molecule has 0 radical (unpaired) electrons. The van der Waals surface area contributed by atoms with Gasteiger partial charge < -0.3 is 4.52 Å². The first-order chi connectivity index (χ1) is 12.5. The van der Waals surface area contributed by atoms with Crippen LogP contribution < -0.4 is 16.4 Å². The van der Waals surface area contributed by atoms with E-state index in [1.54, 1.807) is 31.2 Å². The van der Waals surface area contributed by atoms with Crippen molar-refractivity contribution >= 4 is 34.2 Å². The Morgan fingerprint density at radius 3 is 2.65 bits per heavy atom. The molecule has 3 rings (SSSR count). The largest absolute Gasteiger partial charge is 0.344 e. The van der Waals surface area contributed by atoms with E-state index in [1.165, 1.54) is 0 Å². The molecule has 0 atom stereocenters. The summed E-state index contributed by atoms with van der Waals surface area (Å²) in [6.07, 6.45) is 0.386. The summed E-state index contributed by atoms with van der Waals surface area (Å²) in [5.74, 6) is -1.08. The van der Waals surface area contributed by atoms with Crippen LogP contribution in [-0.4, -0.2) is 27.2 Å². The average Bonchev–Trinajstić information content (AvgIpc) is 2.96. The van der Waals surface area contributed by atoms with Crippen LogP contribution in [0.2, 0.25) is 5.22 Å². The number of aromatic nitrogens is 3. The number of amides is 2. The minimum atomic E-state index is -0.648. The van der Waals surface area contributed by atoms with Gasteiger partial charge in [0, 0.05) is 17.4 Å². The molecular formula is C16H14ClN5O4. The number of fused-ring (bicyclic) bond motifs is 1. The van der Waals surface area contributed by atoms with Crippen LogP contribution in [0.15, 0.2) is 33.6 Å². The number of nitrogens with zero attached hydrogens (tertiary/aromatic N) is 2. The average molecular weight is 376 g/mol. The van der Waals surface area contributed by atoms with E-state index in [9.17, 15) is 14.4 Å². The number of halogens is 1. The number of rotatable bonds is 4.